The number of rotatable bonds is 8. The Morgan fingerprint density at radius 1 is 1.18 bits per heavy atom. The van der Waals surface area contributed by atoms with Crippen molar-refractivity contribution >= 4 is 29.0 Å². The van der Waals surface area contributed by atoms with Crippen LogP contribution in [0.5, 0.6) is 0 Å². The third-order valence-corrected chi connectivity index (χ3v) is 6.06. The molecular weight excluding hydrogens is 432 g/mol. The third-order valence-electron chi connectivity index (χ3n) is 6.06. The molecule has 34 heavy (non-hydrogen) atoms. The molecule has 0 aliphatic heterocycles. The van der Waals surface area contributed by atoms with Gasteiger partial charge >= 0.3 is 5.97 Å². The Kier molecular flexibility index (Phi) is 7.40. The zero-order chi connectivity index (χ0) is 24.1. The number of hydrogen-bond donors (Lipinski definition) is 2. The molecule has 180 valence electrons. The Morgan fingerprint density at radius 3 is 2.68 bits per heavy atom. The van der Waals surface area contributed by atoms with Gasteiger partial charge in [-0.15, -0.1) is 5.10 Å². The van der Waals surface area contributed by atoms with E-state index in [-0.39, 0.29) is 23.9 Å². The highest BCUT2D eigenvalue weighted by Crippen LogP contribution is 2.36. The molecule has 1 saturated carbocycles. The Hall–Kier alpha value is -3.49. The first-order chi connectivity index (χ1) is 16.4. The van der Waals surface area contributed by atoms with Gasteiger partial charge in [-0.1, -0.05) is 25.5 Å². The lowest BCUT2D eigenvalue weighted by molar-refractivity contribution is -0.147. The smallest absolute Gasteiger partial charge is 0.302 e. The van der Waals surface area contributed by atoms with Crippen molar-refractivity contribution in [1.29, 1.82) is 0 Å². The summed E-state index contributed by atoms with van der Waals surface area (Å²) in [6, 6.07) is 7.64. The van der Waals surface area contributed by atoms with E-state index in [1.165, 1.54) is 13.8 Å². The van der Waals surface area contributed by atoms with Crippen LogP contribution in [0, 0.1) is 0 Å². The lowest BCUT2D eigenvalue weighted by Gasteiger charge is -2.27. The summed E-state index contributed by atoms with van der Waals surface area (Å²) in [5.74, 6) is 1.31. The van der Waals surface area contributed by atoms with Crippen molar-refractivity contribution in [2.75, 3.05) is 17.2 Å². The molecular formula is C25H32N6O3. The average Bonchev–Trinajstić information content (AvgIpc) is 3.18. The Labute approximate surface area is 199 Å². The number of amides is 1. The molecule has 2 N–H and O–H groups in total. The van der Waals surface area contributed by atoms with Crippen LogP contribution >= 0.6 is 0 Å². The second-order valence-corrected chi connectivity index (χ2v) is 8.82. The van der Waals surface area contributed by atoms with Crippen LogP contribution < -0.4 is 10.6 Å². The highest BCUT2D eigenvalue weighted by molar-refractivity contribution is 5.90. The number of carbonyl (C=O) groups excluding carboxylic acids is 2. The first kappa shape index (κ1) is 23.7. The fourth-order valence-corrected chi connectivity index (χ4v) is 4.46. The molecule has 1 amide bonds. The molecule has 0 unspecified atom stereocenters. The number of fused-ring (bicyclic) bond motifs is 1. The van der Waals surface area contributed by atoms with Crippen LogP contribution in [0.15, 0.2) is 30.5 Å². The average molecular weight is 465 g/mol. The van der Waals surface area contributed by atoms with Crippen LogP contribution in [0.2, 0.25) is 0 Å². The lowest BCUT2D eigenvalue weighted by atomic mass is 9.87. The zero-order valence-electron chi connectivity index (χ0n) is 20.0. The van der Waals surface area contributed by atoms with Crippen molar-refractivity contribution in [3.05, 3.63) is 36.3 Å². The summed E-state index contributed by atoms with van der Waals surface area (Å²) in [7, 11) is 0. The molecule has 1 aliphatic carbocycles. The van der Waals surface area contributed by atoms with Crippen LogP contribution in [-0.2, 0) is 14.3 Å². The second kappa shape index (κ2) is 10.6. The van der Waals surface area contributed by atoms with E-state index in [0.717, 1.165) is 67.7 Å². The van der Waals surface area contributed by atoms with Gasteiger partial charge in [-0.2, -0.15) is 0 Å². The van der Waals surface area contributed by atoms with E-state index in [1.54, 1.807) is 0 Å². The lowest BCUT2D eigenvalue weighted by Crippen LogP contribution is -2.23. The van der Waals surface area contributed by atoms with E-state index in [0.29, 0.717) is 11.6 Å². The van der Waals surface area contributed by atoms with Crippen LogP contribution in [0.4, 0.5) is 11.6 Å². The van der Waals surface area contributed by atoms with E-state index in [9.17, 15) is 9.59 Å². The molecule has 0 bridgehead atoms. The standard InChI is InChI=1S/C25H32N6O3/c1-4-5-13-26-25-27-15-22-23(19-7-6-8-20(14-19)28-16(2)32)29-24(31(22)30-25)18-9-11-21(12-10-18)34-17(3)33/h6-8,14-15,18,21H,4-5,9-13H2,1-3H3,(H,26,30)(H,28,32). The van der Waals surface area contributed by atoms with Gasteiger partial charge in [0.15, 0.2) is 0 Å². The summed E-state index contributed by atoms with van der Waals surface area (Å²) in [5, 5.41) is 10.9. The number of hydrogen-bond acceptors (Lipinski definition) is 7. The van der Waals surface area contributed by atoms with Crippen LogP contribution in [0.3, 0.4) is 0 Å². The van der Waals surface area contributed by atoms with E-state index in [1.807, 2.05) is 35.0 Å². The van der Waals surface area contributed by atoms with Crippen molar-refractivity contribution < 1.29 is 14.3 Å². The molecule has 3 aromatic rings. The normalized spacial score (nSPS) is 18.0. The number of imidazole rings is 1. The van der Waals surface area contributed by atoms with Gasteiger partial charge in [0.05, 0.1) is 11.9 Å². The Balaban J connectivity index is 1.70. The topological polar surface area (TPSA) is 111 Å². The predicted molar refractivity (Wildman–Crippen MR) is 131 cm³/mol. The number of anilines is 2. The van der Waals surface area contributed by atoms with Gasteiger partial charge in [0.25, 0.3) is 0 Å². The number of nitrogens with zero attached hydrogens (tertiary/aromatic N) is 4. The van der Waals surface area contributed by atoms with Gasteiger partial charge in [0.2, 0.25) is 11.9 Å². The number of aromatic nitrogens is 4. The maximum absolute atomic E-state index is 11.5. The van der Waals surface area contributed by atoms with E-state index < -0.39 is 0 Å². The molecule has 0 saturated heterocycles. The van der Waals surface area contributed by atoms with Crippen LogP contribution in [0.1, 0.15) is 71.0 Å². The van der Waals surface area contributed by atoms with Gasteiger partial charge in [0.1, 0.15) is 17.4 Å². The predicted octanol–water partition coefficient (Wildman–Crippen LogP) is 4.55. The van der Waals surface area contributed by atoms with E-state index in [2.05, 4.69) is 22.5 Å². The fraction of sp³-hybridized carbons (Fsp3) is 0.480. The Bertz CT molecular complexity index is 1170. The van der Waals surface area contributed by atoms with Crippen LogP contribution in [-0.4, -0.2) is 44.1 Å². The van der Waals surface area contributed by atoms with Crippen molar-refractivity contribution in [2.24, 2.45) is 0 Å². The second-order valence-electron chi connectivity index (χ2n) is 8.82. The maximum Gasteiger partial charge on any atom is 0.302 e. The minimum Gasteiger partial charge on any atom is -0.463 e. The number of benzene rings is 1. The summed E-state index contributed by atoms with van der Waals surface area (Å²) < 4.78 is 7.32. The fourth-order valence-electron chi connectivity index (χ4n) is 4.46. The summed E-state index contributed by atoms with van der Waals surface area (Å²) in [4.78, 5) is 32.5. The quantitative estimate of drug-likeness (QED) is 0.372. The van der Waals surface area contributed by atoms with Crippen molar-refractivity contribution in [2.45, 2.75) is 71.3 Å². The van der Waals surface area contributed by atoms with Crippen molar-refractivity contribution in [3.63, 3.8) is 0 Å². The first-order valence-corrected chi connectivity index (χ1v) is 12.0. The van der Waals surface area contributed by atoms with E-state index >= 15 is 0 Å². The van der Waals surface area contributed by atoms with Gasteiger partial charge in [-0.25, -0.2) is 14.5 Å². The molecule has 9 heteroatoms. The highest BCUT2D eigenvalue weighted by Gasteiger charge is 2.29. The molecule has 0 spiro atoms. The molecule has 2 heterocycles. The highest BCUT2D eigenvalue weighted by atomic mass is 16.5. The molecule has 1 fully saturated rings. The first-order valence-electron chi connectivity index (χ1n) is 12.0. The number of unbranched alkanes of at least 4 members (excludes halogenated alkanes) is 1. The Morgan fingerprint density at radius 2 is 1.97 bits per heavy atom. The minimum atomic E-state index is -0.230. The molecule has 4 rings (SSSR count). The molecule has 9 nitrogen and oxygen atoms in total. The van der Waals surface area contributed by atoms with Gasteiger partial charge in [0, 0.05) is 37.6 Å². The molecule has 2 aromatic heterocycles. The molecule has 1 aliphatic rings. The third kappa shape index (κ3) is 5.52. The number of esters is 1. The summed E-state index contributed by atoms with van der Waals surface area (Å²) in [5.41, 5.74) is 3.20. The monoisotopic (exact) mass is 464 g/mol. The minimum absolute atomic E-state index is 0.0327. The van der Waals surface area contributed by atoms with Gasteiger partial charge in [-0.3, -0.25) is 9.59 Å². The number of ether oxygens (including phenoxy) is 1. The van der Waals surface area contributed by atoms with Crippen LogP contribution in [0.25, 0.3) is 16.8 Å². The summed E-state index contributed by atoms with van der Waals surface area (Å²) >= 11 is 0. The summed E-state index contributed by atoms with van der Waals surface area (Å²) in [6.45, 7) is 5.90. The van der Waals surface area contributed by atoms with Gasteiger partial charge in [-0.05, 0) is 44.2 Å². The van der Waals surface area contributed by atoms with Crippen molar-refractivity contribution in [3.8, 4) is 11.3 Å². The SMILES string of the molecule is CCCCNc1ncc2c(-c3cccc(NC(C)=O)c3)nc(C3CCC(OC(C)=O)CC3)n2n1. The van der Waals surface area contributed by atoms with Crippen molar-refractivity contribution in [1.82, 2.24) is 19.6 Å². The zero-order valence-corrected chi connectivity index (χ0v) is 20.0. The number of carbonyl (C=O) groups is 2. The molecule has 0 radical (unpaired) electrons. The largest absolute Gasteiger partial charge is 0.463 e. The van der Waals surface area contributed by atoms with E-state index in [4.69, 9.17) is 14.8 Å². The molecule has 0 atom stereocenters. The summed E-state index contributed by atoms with van der Waals surface area (Å²) in [6.07, 6.45) is 7.25. The number of nitrogens with one attached hydrogen (secondary N) is 2. The molecule has 1 aromatic carbocycles. The maximum atomic E-state index is 11.5. The van der Waals surface area contributed by atoms with Gasteiger partial charge < -0.3 is 15.4 Å².